The minimum atomic E-state index is -1.41. The van der Waals surface area contributed by atoms with Crippen LogP contribution < -0.4 is 38.6 Å². The summed E-state index contributed by atoms with van der Waals surface area (Å²) in [6.45, 7) is 2.29. The van der Waals surface area contributed by atoms with Gasteiger partial charge in [0.25, 0.3) is 11.9 Å². The van der Waals surface area contributed by atoms with Crippen molar-refractivity contribution in [2.75, 3.05) is 25.0 Å². The van der Waals surface area contributed by atoms with Crippen molar-refractivity contribution in [2.45, 2.75) is 88.7 Å². The highest BCUT2D eigenvalue weighted by Crippen LogP contribution is 2.35. The summed E-state index contributed by atoms with van der Waals surface area (Å²) in [7, 11) is 0. The van der Waals surface area contributed by atoms with Crippen molar-refractivity contribution in [3.63, 3.8) is 0 Å². The van der Waals surface area contributed by atoms with E-state index >= 15 is 0 Å². The number of rotatable bonds is 17. The molecule has 0 spiro atoms. The van der Waals surface area contributed by atoms with Crippen LogP contribution in [0, 0.1) is 10.1 Å². The van der Waals surface area contributed by atoms with Crippen molar-refractivity contribution in [1.82, 2.24) is 25.9 Å². The zero-order valence-electron chi connectivity index (χ0n) is 31.0. The molecule has 1 fully saturated rings. The molecule has 3 heterocycles. The fourth-order valence-corrected chi connectivity index (χ4v) is 6.89. The number of nitrogens with one attached hydrogen (secondary N) is 4. The summed E-state index contributed by atoms with van der Waals surface area (Å²) in [5.74, 6) is -2.46. The van der Waals surface area contributed by atoms with Crippen LogP contribution >= 0.6 is 0 Å². The highest BCUT2D eigenvalue weighted by molar-refractivity contribution is 6.24. The van der Waals surface area contributed by atoms with Gasteiger partial charge in [0, 0.05) is 24.3 Å². The maximum absolute atomic E-state index is 13.7. The van der Waals surface area contributed by atoms with Crippen molar-refractivity contribution >= 4 is 52.7 Å². The molecule has 56 heavy (non-hydrogen) atoms. The third-order valence-corrected chi connectivity index (χ3v) is 9.76. The number of unbranched alkanes of at least 4 members (excludes halogenated alkanes) is 1. The number of amidine groups is 1. The number of nitrogens with zero attached hydrogens (tertiary/aromatic N) is 5. The molecule has 0 unspecified atom stereocenters. The molecule has 0 aliphatic carbocycles. The van der Waals surface area contributed by atoms with Crippen LogP contribution in [0.4, 0.5) is 11.4 Å². The fraction of sp³-hybridized carbons (Fsp3) is 0.472. The predicted octanol–water partition coefficient (Wildman–Crippen LogP) is -0.653. The van der Waals surface area contributed by atoms with Crippen molar-refractivity contribution < 1.29 is 34.1 Å². The summed E-state index contributed by atoms with van der Waals surface area (Å²) in [6, 6.07) is 7.85. The van der Waals surface area contributed by atoms with Gasteiger partial charge in [-0.05, 0) is 88.2 Å². The second-order valence-electron chi connectivity index (χ2n) is 13.9. The number of carbonyl (C=O) groups is 5. The topological polar surface area (TPSA) is 306 Å². The van der Waals surface area contributed by atoms with Gasteiger partial charge >= 0.3 is 0 Å². The zero-order chi connectivity index (χ0) is 40.5. The van der Waals surface area contributed by atoms with E-state index in [4.69, 9.17) is 17.2 Å². The molecule has 5 atom stereocenters. The van der Waals surface area contributed by atoms with E-state index in [-0.39, 0.29) is 44.3 Å². The van der Waals surface area contributed by atoms with Gasteiger partial charge in [-0.2, -0.15) is 0 Å². The van der Waals surface area contributed by atoms with E-state index in [0.717, 1.165) is 5.56 Å². The van der Waals surface area contributed by atoms with Crippen molar-refractivity contribution in [3.8, 4) is 0 Å². The second-order valence-corrected chi connectivity index (χ2v) is 13.9. The molecule has 3 aliphatic rings. The molecule has 3 aliphatic heterocycles. The minimum Gasteiger partial charge on any atom is -0.391 e. The molecule has 5 amide bonds. The number of amides is 5. The van der Waals surface area contributed by atoms with Crippen LogP contribution in [0.5, 0.6) is 0 Å². The average molecular weight is 777 g/mol. The quantitative estimate of drug-likeness (QED) is 0.0327. The summed E-state index contributed by atoms with van der Waals surface area (Å²) < 4.78 is 0. The van der Waals surface area contributed by atoms with Crippen LogP contribution in [0.2, 0.25) is 0 Å². The maximum atomic E-state index is 13.7. The lowest BCUT2D eigenvalue weighted by molar-refractivity contribution is -0.525. The number of likely N-dealkylation sites (tertiary alicyclic amines) is 1. The SMILES string of the molecule is C[C@@H](O)[C@H](NC(=O)[C@H](CCCCN)NC(=O)[C@@H]1CCCN1C(=O)[C@@H](N)CCCN=C(N)N[N+](=O)[O-])C(=O)Nc1ccc2c(c1)CN1C(=O)c3ccccc3C1=N2. The molecule has 1 saturated heterocycles. The number of anilines is 1. The summed E-state index contributed by atoms with van der Waals surface area (Å²) in [4.78, 5) is 89.0. The van der Waals surface area contributed by atoms with Gasteiger partial charge in [-0.25, -0.2) is 20.1 Å². The van der Waals surface area contributed by atoms with Gasteiger partial charge < -0.3 is 43.2 Å². The van der Waals surface area contributed by atoms with Gasteiger partial charge in [0.05, 0.1) is 29.9 Å². The van der Waals surface area contributed by atoms with Crippen LogP contribution in [-0.4, -0.2) is 111 Å². The van der Waals surface area contributed by atoms with Gasteiger partial charge in [0.1, 0.15) is 24.0 Å². The van der Waals surface area contributed by atoms with Crippen molar-refractivity contribution in [1.29, 1.82) is 0 Å². The lowest BCUT2D eigenvalue weighted by Crippen LogP contribution is -2.58. The minimum absolute atomic E-state index is 0.0857. The van der Waals surface area contributed by atoms with Crippen molar-refractivity contribution in [3.05, 3.63) is 69.3 Å². The van der Waals surface area contributed by atoms with Crippen LogP contribution in [-0.2, 0) is 25.7 Å². The maximum Gasteiger partial charge on any atom is 0.260 e. The second kappa shape index (κ2) is 18.6. The molecular formula is C36H48N12O8. The Kier molecular flexibility index (Phi) is 13.7. The average Bonchev–Trinajstić information content (AvgIpc) is 3.76. The number of nitro groups is 1. The highest BCUT2D eigenvalue weighted by Gasteiger charge is 2.39. The molecule has 0 bridgehead atoms. The molecular weight excluding hydrogens is 728 g/mol. The zero-order valence-corrected chi connectivity index (χ0v) is 31.0. The number of nitrogens with two attached hydrogens (primary N) is 3. The number of guanidine groups is 1. The first-order valence-electron chi connectivity index (χ1n) is 18.5. The number of hydrogen-bond acceptors (Lipinski definition) is 12. The van der Waals surface area contributed by atoms with Gasteiger partial charge in [0.2, 0.25) is 23.6 Å². The van der Waals surface area contributed by atoms with Crippen molar-refractivity contribution in [2.24, 2.45) is 27.2 Å². The lowest BCUT2D eigenvalue weighted by Gasteiger charge is -2.29. The van der Waals surface area contributed by atoms with Gasteiger partial charge in [-0.3, -0.25) is 28.9 Å². The Labute approximate surface area is 322 Å². The Morgan fingerprint density at radius 1 is 1.07 bits per heavy atom. The van der Waals surface area contributed by atoms with E-state index in [1.54, 1.807) is 40.7 Å². The molecule has 300 valence electrons. The highest BCUT2D eigenvalue weighted by atomic mass is 16.7. The van der Waals surface area contributed by atoms with Crippen LogP contribution in [0.1, 0.15) is 73.4 Å². The van der Waals surface area contributed by atoms with Crippen LogP contribution in [0.3, 0.4) is 0 Å². The van der Waals surface area contributed by atoms with Crippen LogP contribution in [0.15, 0.2) is 52.4 Å². The molecule has 2 aromatic carbocycles. The number of aliphatic imine (C=N–C) groups is 2. The normalized spacial score (nSPS) is 18.1. The largest absolute Gasteiger partial charge is 0.391 e. The lowest BCUT2D eigenvalue weighted by atomic mass is 10.0. The Balaban J connectivity index is 1.20. The van der Waals surface area contributed by atoms with E-state index in [9.17, 15) is 39.2 Å². The summed E-state index contributed by atoms with van der Waals surface area (Å²) in [6.07, 6.45) is 1.20. The number of aliphatic hydroxyl groups is 1. The van der Waals surface area contributed by atoms with Crippen LogP contribution in [0.25, 0.3) is 0 Å². The first-order chi connectivity index (χ1) is 26.8. The number of benzene rings is 2. The van der Waals surface area contributed by atoms with Gasteiger partial charge in [-0.1, -0.05) is 23.6 Å². The first kappa shape index (κ1) is 41.2. The van der Waals surface area contributed by atoms with E-state index in [0.29, 0.717) is 67.0 Å². The fourth-order valence-electron chi connectivity index (χ4n) is 6.89. The molecule has 2 aromatic rings. The third-order valence-electron chi connectivity index (χ3n) is 9.76. The van der Waals surface area contributed by atoms with E-state index < -0.39 is 58.9 Å². The summed E-state index contributed by atoms with van der Waals surface area (Å²) in [5.41, 5.74) is 21.9. The Bertz CT molecular complexity index is 1900. The van der Waals surface area contributed by atoms with E-state index in [2.05, 4.69) is 25.9 Å². The number of hydrogen-bond donors (Lipinski definition) is 8. The molecule has 11 N–H and O–H groups in total. The Hall–Kier alpha value is -5.99. The molecule has 0 radical (unpaired) electrons. The first-order valence-corrected chi connectivity index (χ1v) is 18.5. The molecule has 5 rings (SSSR count). The smallest absolute Gasteiger partial charge is 0.260 e. The summed E-state index contributed by atoms with van der Waals surface area (Å²) in [5, 5.41) is 28.3. The standard InChI is InChI=1S/C36H48N12O8/c1-20(49)29(33(52)41-22-13-14-26-21(18-22)19-47-30(42-26)23-8-2-3-9-24(23)34(47)53)44-31(50)27(11-4-5-15-37)43-32(51)28-12-7-17-46(28)35(54)25(38)10-6-16-40-36(39)45-48(55)56/h2-3,8-9,13-14,18,20,25,27-29,49H,4-7,10-12,15-17,19,37-38H2,1H3,(H,41,52)(H,43,51)(H,44,50)(H3,39,40,45)/t20-,25+,27+,28+,29+/m1/s1. The number of carbonyl (C=O) groups excluding carboxylic acids is 5. The number of hydrazine groups is 1. The third kappa shape index (κ3) is 9.81. The van der Waals surface area contributed by atoms with Gasteiger partial charge in [0.15, 0.2) is 5.03 Å². The number of fused-ring (bicyclic) bond motifs is 4. The van der Waals surface area contributed by atoms with E-state index in [1.807, 2.05) is 12.1 Å². The number of aliphatic hydroxyl groups excluding tert-OH is 1. The monoisotopic (exact) mass is 776 g/mol. The molecule has 0 aromatic heterocycles. The Morgan fingerprint density at radius 2 is 1.82 bits per heavy atom. The Morgan fingerprint density at radius 3 is 2.54 bits per heavy atom. The van der Waals surface area contributed by atoms with E-state index in [1.165, 1.54) is 11.8 Å². The molecule has 20 nitrogen and oxygen atoms in total. The summed E-state index contributed by atoms with van der Waals surface area (Å²) >= 11 is 0. The van der Waals surface area contributed by atoms with Gasteiger partial charge in [-0.15, -0.1) is 0 Å². The molecule has 0 saturated carbocycles. The predicted molar refractivity (Wildman–Crippen MR) is 205 cm³/mol. The molecule has 20 heteroatoms.